The van der Waals surface area contributed by atoms with Crippen molar-refractivity contribution < 1.29 is 17.6 Å². The summed E-state index contributed by atoms with van der Waals surface area (Å²) >= 11 is 0.459. The van der Waals surface area contributed by atoms with Gasteiger partial charge in [-0.3, -0.25) is 0 Å². The maximum Gasteiger partial charge on any atom is 0.445 e. The van der Waals surface area contributed by atoms with E-state index >= 15 is 0 Å². The van der Waals surface area contributed by atoms with Gasteiger partial charge in [-0.2, -0.15) is 13.2 Å². The summed E-state index contributed by atoms with van der Waals surface area (Å²) < 4.78 is 49.5. The molecule has 102 valence electrons. The molecule has 0 saturated heterocycles. The van der Waals surface area contributed by atoms with Gasteiger partial charge in [0.1, 0.15) is 5.82 Å². The van der Waals surface area contributed by atoms with Gasteiger partial charge in [-0.15, -0.1) is 10.2 Å². The van der Waals surface area contributed by atoms with Crippen LogP contribution in [0.25, 0.3) is 0 Å². The first-order valence-corrected chi connectivity index (χ1v) is 6.16. The molecule has 0 aliphatic heterocycles. The van der Waals surface area contributed by atoms with E-state index in [0.29, 0.717) is 24.3 Å². The second-order valence-corrected chi connectivity index (χ2v) is 4.69. The normalized spacial score (nSPS) is 11.6. The van der Waals surface area contributed by atoms with Crippen molar-refractivity contribution in [2.45, 2.75) is 12.6 Å². The van der Waals surface area contributed by atoms with Crippen molar-refractivity contribution in [1.29, 1.82) is 0 Å². The summed E-state index contributed by atoms with van der Waals surface area (Å²) in [6.45, 7) is 0.401. The van der Waals surface area contributed by atoms with Gasteiger partial charge >= 0.3 is 6.18 Å². The fraction of sp³-hybridized carbons (Fsp3) is 0.273. The van der Waals surface area contributed by atoms with Gasteiger partial charge in [0.15, 0.2) is 0 Å². The summed E-state index contributed by atoms with van der Waals surface area (Å²) in [5.41, 5.74) is 0.884. The van der Waals surface area contributed by atoms with Crippen molar-refractivity contribution >= 4 is 16.5 Å². The second kappa shape index (κ2) is 5.52. The summed E-state index contributed by atoms with van der Waals surface area (Å²) in [4.78, 5) is 0. The van der Waals surface area contributed by atoms with E-state index in [0.717, 1.165) is 5.56 Å². The first kappa shape index (κ1) is 13.7. The molecule has 2 aromatic rings. The monoisotopic (exact) mass is 291 g/mol. The van der Waals surface area contributed by atoms with Crippen LogP contribution in [0.15, 0.2) is 24.3 Å². The lowest BCUT2D eigenvalue weighted by atomic mass is 10.1. The van der Waals surface area contributed by atoms with Gasteiger partial charge in [0.25, 0.3) is 0 Å². The van der Waals surface area contributed by atoms with E-state index in [2.05, 4.69) is 15.5 Å². The Bertz CT molecular complexity index is 536. The maximum atomic E-state index is 12.6. The Morgan fingerprint density at radius 3 is 2.37 bits per heavy atom. The van der Waals surface area contributed by atoms with Crippen LogP contribution in [0.5, 0.6) is 0 Å². The number of halogens is 4. The minimum absolute atomic E-state index is 0.120. The standard InChI is InChI=1S/C11H9F4N3S/c12-8-3-1-7(2-4-8)5-6-16-10-18-17-9(19-10)11(13,14)15/h1-4H,5-6H2,(H,16,18). The number of hydrogen-bond acceptors (Lipinski definition) is 4. The first-order chi connectivity index (χ1) is 8.95. The van der Waals surface area contributed by atoms with Crippen LogP contribution in [-0.4, -0.2) is 16.7 Å². The quantitative estimate of drug-likeness (QED) is 0.878. The second-order valence-electron chi connectivity index (χ2n) is 3.71. The molecule has 0 saturated carbocycles. The number of alkyl halides is 3. The molecule has 0 amide bonds. The van der Waals surface area contributed by atoms with Gasteiger partial charge in [0.05, 0.1) is 0 Å². The third kappa shape index (κ3) is 3.88. The van der Waals surface area contributed by atoms with Crippen LogP contribution in [0.2, 0.25) is 0 Å². The lowest BCUT2D eigenvalue weighted by Crippen LogP contribution is -2.04. The summed E-state index contributed by atoms with van der Waals surface area (Å²) in [7, 11) is 0. The minimum Gasteiger partial charge on any atom is -0.360 e. The molecule has 0 bridgehead atoms. The molecular formula is C11H9F4N3S. The third-order valence-electron chi connectivity index (χ3n) is 2.27. The summed E-state index contributed by atoms with van der Waals surface area (Å²) in [5.74, 6) is -0.323. The maximum absolute atomic E-state index is 12.6. The largest absolute Gasteiger partial charge is 0.445 e. The number of hydrogen-bond donors (Lipinski definition) is 1. The molecule has 8 heteroatoms. The molecule has 0 fully saturated rings. The molecular weight excluding hydrogens is 282 g/mol. The van der Waals surface area contributed by atoms with Gasteiger partial charge in [-0.05, 0) is 24.1 Å². The number of nitrogens with one attached hydrogen (secondary N) is 1. The first-order valence-electron chi connectivity index (χ1n) is 5.34. The van der Waals surface area contributed by atoms with Crippen LogP contribution in [0.3, 0.4) is 0 Å². The lowest BCUT2D eigenvalue weighted by Gasteiger charge is -2.02. The average molecular weight is 291 g/mol. The molecule has 0 unspecified atom stereocenters. The molecule has 0 spiro atoms. The van der Waals surface area contributed by atoms with Crippen LogP contribution in [0.1, 0.15) is 10.6 Å². The number of nitrogens with zero attached hydrogens (tertiary/aromatic N) is 2. The molecule has 19 heavy (non-hydrogen) atoms. The van der Waals surface area contributed by atoms with Crippen molar-refractivity contribution in [3.8, 4) is 0 Å². The molecule has 1 aromatic heterocycles. The predicted molar refractivity (Wildman–Crippen MR) is 63.5 cm³/mol. The molecule has 0 aliphatic carbocycles. The van der Waals surface area contributed by atoms with Crippen molar-refractivity contribution in [3.63, 3.8) is 0 Å². The molecule has 1 N–H and O–H groups in total. The highest BCUT2D eigenvalue weighted by molar-refractivity contribution is 7.15. The Morgan fingerprint density at radius 2 is 1.79 bits per heavy atom. The van der Waals surface area contributed by atoms with Crippen LogP contribution in [-0.2, 0) is 12.6 Å². The molecule has 1 heterocycles. The zero-order valence-corrected chi connectivity index (χ0v) is 10.4. The highest BCUT2D eigenvalue weighted by atomic mass is 32.1. The van der Waals surface area contributed by atoms with E-state index in [1.54, 1.807) is 12.1 Å². The van der Waals surface area contributed by atoms with Crippen molar-refractivity contribution in [3.05, 3.63) is 40.7 Å². The number of benzene rings is 1. The minimum atomic E-state index is -4.46. The van der Waals surface area contributed by atoms with Crippen LogP contribution in [0.4, 0.5) is 22.7 Å². The third-order valence-corrected chi connectivity index (χ3v) is 3.20. The van der Waals surface area contributed by atoms with E-state index < -0.39 is 11.2 Å². The fourth-order valence-corrected chi connectivity index (χ4v) is 2.01. The summed E-state index contributed by atoms with van der Waals surface area (Å²) in [5, 5.41) is 8.36. The summed E-state index contributed by atoms with van der Waals surface area (Å²) in [6, 6.07) is 5.92. The van der Waals surface area contributed by atoms with E-state index in [4.69, 9.17) is 0 Å². The average Bonchev–Trinajstić information content (AvgIpc) is 2.80. The molecule has 2 rings (SSSR count). The van der Waals surface area contributed by atoms with Gasteiger partial charge in [-0.1, -0.05) is 23.5 Å². The van der Waals surface area contributed by atoms with Gasteiger partial charge in [0, 0.05) is 6.54 Å². The van der Waals surface area contributed by atoms with Crippen molar-refractivity contribution in [1.82, 2.24) is 10.2 Å². The van der Waals surface area contributed by atoms with E-state index in [1.165, 1.54) is 12.1 Å². The van der Waals surface area contributed by atoms with Crippen molar-refractivity contribution in [2.75, 3.05) is 11.9 Å². The Morgan fingerprint density at radius 1 is 1.11 bits per heavy atom. The van der Waals surface area contributed by atoms with E-state index in [-0.39, 0.29) is 10.9 Å². The zero-order chi connectivity index (χ0) is 13.9. The predicted octanol–water partition coefficient (Wildman–Crippen LogP) is 3.35. The van der Waals surface area contributed by atoms with Gasteiger partial charge in [0.2, 0.25) is 10.1 Å². The van der Waals surface area contributed by atoms with Gasteiger partial charge < -0.3 is 5.32 Å². The molecule has 3 nitrogen and oxygen atoms in total. The topological polar surface area (TPSA) is 37.8 Å². The van der Waals surface area contributed by atoms with Crippen LogP contribution in [0, 0.1) is 5.82 Å². The number of aromatic nitrogens is 2. The Kier molecular flexibility index (Phi) is 3.98. The van der Waals surface area contributed by atoms with Crippen LogP contribution < -0.4 is 5.32 Å². The Labute approximate surface area is 110 Å². The van der Waals surface area contributed by atoms with E-state index in [1.807, 2.05) is 0 Å². The molecule has 0 radical (unpaired) electrons. The smallest absolute Gasteiger partial charge is 0.360 e. The highest BCUT2D eigenvalue weighted by Crippen LogP contribution is 2.32. The number of rotatable bonds is 4. The van der Waals surface area contributed by atoms with Gasteiger partial charge in [-0.25, -0.2) is 4.39 Å². The number of anilines is 1. The Hall–Kier alpha value is -1.70. The SMILES string of the molecule is Fc1ccc(CCNc2nnc(C(F)(F)F)s2)cc1. The molecule has 1 aromatic carbocycles. The van der Waals surface area contributed by atoms with E-state index in [9.17, 15) is 17.6 Å². The lowest BCUT2D eigenvalue weighted by molar-refractivity contribution is -0.138. The zero-order valence-electron chi connectivity index (χ0n) is 9.54. The van der Waals surface area contributed by atoms with Crippen molar-refractivity contribution in [2.24, 2.45) is 0 Å². The Balaban J connectivity index is 1.86. The van der Waals surface area contributed by atoms with Crippen LogP contribution >= 0.6 is 11.3 Å². The molecule has 0 aliphatic rings. The molecule has 0 atom stereocenters. The summed E-state index contributed by atoms with van der Waals surface area (Å²) in [6.07, 6.45) is -3.91. The fourth-order valence-electron chi connectivity index (χ4n) is 1.37. The highest BCUT2D eigenvalue weighted by Gasteiger charge is 2.35.